The molecule has 1 aromatic carbocycles. The van der Waals surface area contributed by atoms with Crippen LogP contribution >= 0.6 is 31.9 Å². The number of hydrogen-bond donors (Lipinski definition) is 0. The SMILES string of the molecule is CC(C)(C)OC(=O)c1coc2c(Br)cc(Br)cc2c1=O. The molecule has 20 heavy (non-hydrogen) atoms. The van der Waals surface area contributed by atoms with E-state index in [1.807, 2.05) is 0 Å². The number of esters is 1. The number of ether oxygens (including phenoxy) is 1. The van der Waals surface area contributed by atoms with Gasteiger partial charge < -0.3 is 9.15 Å². The second-order valence-electron chi connectivity index (χ2n) is 5.24. The number of rotatable bonds is 1. The molecule has 0 atom stereocenters. The minimum atomic E-state index is -0.691. The Bertz CT molecular complexity index is 741. The summed E-state index contributed by atoms with van der Waals surface area (Å²) in [6.07, 6.45) is 1.14. The lowest BCUT2D eigenvalue weighted by molar-refractivity contribution is 0.00661. The fourth-order valence-electron chi connectivity index (χ4n) is 1.64. The molecular weight excluding hydrogens is 392 g/mol. The van der Waals surface area contributed by atoms with Crippen molar-refractivity contribution >= 4 is 48.8 Å². The van der Waals surface area contributed by atoms with Crippen LogP contribution in [0.25, 0.3) is 11.0 Å². The van der Waals surface area contributed by atoms with Crippen LogP contribution in [0.5, 0.6) is 0 Å². The van der Waals surface area contributed by atoms with E-state index in [-0.39, 0.29) is 5.56 Å². The monoisotopic (exact) mass is 402 g/mol. The molecule has 0 unspecified atom stereocenters. The summed E-state index contributed by atoms with van der Waals surface area (Å²) in [7, 11) is 0. The smallest absolute Gasteiger partial charge is 0.345 e. The van der Waals surface area contributed by atoms with Crippen molar-refractivity contribution in [3.63, 3.8) is 0 Å². The van der Waals surface area contributed by atoms with E-state index >= 15 is 0 Å². The van der Waals surface area contributed by atoms with Gasteiger partial charge in [-0.2, -0.15) is 0 Å². The van der Waals surface area contributed by atoms with E-state index < -0.39 is 17.0 Å². The first-order valence-corrected chi connectivity index (χ1v) is 7.41. The molecule has 0 amide bonds. The van der Waals surface area contributed by atoms with Crippen molar-refractivity contribution in [3.8, 4) is 0 Å². The topological polar surface area (TPSA) is 56.5 Å². The van der Waals surface area contributed by atoms with Crippen molar-refractivity contribution < 1.29 is 13.9 Å². The van der Waals surface area contributed by atoms with Crippen LogP contribution in [0, 0.1) is 0 Å². The van der Waals surface area contributed by atoms with Gasteiger partial charge in [0.15, 0.2) is 5.58 Å². The van der Waals surface area contributed by atoms with Gasteiger partial charge in [-0.1, -0.05) is 15.9 Å². The van der Waals surface area contributed by atoms with Crippen LogP contribution in [0.15, 0.2) is 36.6 Å². The zero-order valence-corrected chi connectivity index (χ0v) is 14.3. The normalized spacial score (nSPS) is 11.7. The van der Waals surface area contributed by atoms with E-state index in [1.54, 1.807) is 32.9 Å². The highest BCUT2D eigenvalue weighted by atomic mass is 79.9. The van der Waals surface area contributed by atoms with E-state index in [1.165, 1.54) is 0 Å². The van der Waals surface area contributed by atoms with Crippen LogP contribution < -0.4 is 5.43 Å². The molecule has 0 spiro atoms. The largest absolute Gasteiger partial charge is 0.462 e. The molecule has 6 heteroatoms. The first-order valence-electron chi connectivity index (χ1n) is 5.83. The number of benzene rings is 1. The molecule has 2 rings (SSSR count). The lowest BCUT2D eigenvalue weighted by Gasteiger charge is -2.19. The molecule has 106 valence electrons. The molecule has 0 radical (unpaired) electrons. The maximum Gasteiger partial charge on any atom is 0.345 e. The van der Waals surface area contributed by atoms with Crippen molar-refractivity contribution in [2.24, 2.45) is 0 Å². The summed E-state index contributed by atoms with van der Waals surface area (Å²) in [6, 6.07) is 3.37. The lowest BCUT2D eigenvalue weighted by Crippen LogP contribution is -2.27. The van der Waals surface area contributed by atoms with E-state index in [0.29, 0.717) is 19.9 Å². The number of carbonyl (C=O) groups excluding carboxylic acids is 1. The summed E-state index contributed by atoms with van der Waals surface area (Å²) in [5.41, 5.74) is -0.804. The second-order valence-corrected chi connectivity index (χ2v) is 7.01. The molecule has 0 aliphatic heterocycles. The summed E-state index contributed by atoms with van der Waals surface area (Å²) in [5, 5.41) is 0.314. The van der Waals surface area contributed by atoms with Crippen molar-refractivity contribution in [1.29, 1.82) is 0 Å². The molecule has 1 heterocycles. The Morgan fingerprint density at radius 1 is 1.25 bits per heavy atom. The zero-order chi connectivity index (χ0) is 15.1. The Hall–Kier alpha value is -1.14. The predicted molar refractivity (Wildman–Crippen MR) is 83.1 cm³/mol. The molecule has 0 aliphatic carbocycles. The van der Waals surface area contributed by atoms with Gasteiger partial charge >= 0.3 is 5.97 Å². The summed E-state index contributed by atoms with van der Waals surface area (Å²) in [5.74, 6) is -0.691. The molecular formula is C14H12Br2O4. The van der Waals surface area contributed by atoms with Crippen molar-refractivity contribution in [1.82, 2.24) is 0 Å². The summed E-state index contributed by atoms with van der Waals surface area (Å²) in [4.78, 5) is 24.3. The Morgan fingerprint density at radius 2 is 1.90 bits per heavy atom. The van der Waals surface area contributed by atoms with Crippen molar-refractivity contribution in [2.45, 2.75) is 26.4 Å². The third-order valence-electron chi connectivity index (χ3n) is 2.41. The summed E-state index contributed by atoms with van der Waals surface area (Å²) < 4.78 is 11.9. The van der Waals surface area contributed by atoms with Crippen LogP contribution in [0.4, 0.5) is 0 Å². The maximum atomic E-state index is 12.4. The molecule has 4 nitrogen and oxygen atoms in total. The van der Waals surface area contributed by atoms with Gasteiger partial charge in [0, 0.05) is 4.47 Å². The average Bonchev–Trinajstić information content (AvgIpc) is 2.28. The van der Waals surface area contributed by atoms with Crippen LogP contribution in [0.1, 0.15) is 31.1 Å². The highest BCUT2D eigenvalue weighted by Gasteiger charge is 2.22. The highest BCUT2D eigenvalue weighted by Crippen LogP contribution is 2.27. The van der Waals surface area contributed by atoms with Crippen LogP contribution in [-0.2, 0) is 4.74 Å². The molecule has 0 saturated carbocycles. The van der Waals surface area contributed by atoms with Crippen LogP contribution in [-0.4, -0.2) is 11.6 Å². The van der Waals surface area contributed by atoms with Crippen LogP contribution in [0.3, 0.4) is 0 Å². The lowest BCUT2D eigenvalue weighted by atomic mass is 10.1. The van der Waals surface area contributed by atoms with Gasteiger partial charge in [0.2, 0.25) is 5.43 Å². The average molecular weight is 404 g/mol. The highest BCUT2D eigenvalue weighted by molar-refractivity contribution is 9.11. The number of carbonyl (C=O) groups is 1. The Labute approximate surface area is 132 Å². The fourth-order valence-corrected chi connectivity index (χ4v) is 2.96. The van der Waals surface area contributed by atoms with Crippen molar-refractivity contribution in [3.05, 3.63) is 43.1 Å². The van der Waals surface area contributed by atoms with Gasteiger partial charge in [0.05, 0.1) is 9.86 Å². The number of halogens is 2. The van der Waals surface area contributed by atoms with Gasteiger partial charge in [-0.3, -0.25) is 4.79 Å². The minimum Gasteiger partial charge on any atom is -0.462 e. The minimum absolute atomic E-state index is 0.113. The van der Waals surface area contributed by atoms with Gasteiger partial charge in [-0.05, 0) is 48.8 Å². The molecule has 0 aliphatic rings. The standard InChI is InChI=1S/C14H12Br2O4/c1-14(2,3)20-13(18)9-6-19-12-8(11(9)17)4-7(15)5-10(12)16/h4-6H,1-3H3. The van der Waals surface area contributed by atoms with Crippen molar-refractivity contribution in [2.75, 3.05) is 0 Å². The molecule has 0 saturated heterocycles. The predicted octanol–water partition coefficient (Wildman–Crippen LogP) is 4.27. The van der Waals surface area contributed by atoms with Crippen LogP contribution in [0.2, 0.25) is 0 Å². The van der Waals surface area contributed by atoms with E-state index in [0.717, 1.165) is 6.26 Å². The molecule has 0 bridgehead atoms. The quantitative estimate of drug-likeness (QED) is 0.667. The number of fused-ring (bicyclic) bond motifs is 1. The fraction of sp³-hybridized carbons (Fsp3) is 0.286. The van der Waals surface area contributed by atoms with Gasteiger partial charge in [0.25, 0.3) is 0 Å². The second kappa shape index (κ2) is 5.33. The third kappa shape index (κ3) is 3.12. The molecule has 2 aromatic rings. The van der Waals surface area contributed by atoms with E-state index in [2.05, 4.69) is 31.9 Å². The maximum absolute atomic E-state index is 12.4. The Balaban J connectivity index is 2.61. The van der Waals surface area contributed by atoms with E-state index in [4.69, 9.17) is 9.15 Å². The van der Waals surface area contributed by atoms with Gasteiger partial charge in [-0.15, -0.1) is 0 Å². The molecule has 1 aromatic heterocycles. The summed E-state index contributed by atoms with van der Waals surface area (Å²) in [6.45, 7) is 5.21. The number of hydrogen-bond acceptors (Lipinski definition) is 4. The zero-order valence-electron chi connectivity index (χ0n) is 11.1. The van der Waals surface area contributed by atoms with Gasteiger partial charge in [0.1, 0.15) is 17.4 Å². The van der Waals surface area contributed by atoms with E-state index in [9.17, 15) is 9.59 Å². The summed E-state index contributed by atoms with van der Waals surface area (Å²) >= 11 is 6.61. The third-order valence-corrected chi connectivity index (χ3v) is 3.46. The molecule has 0 N–H and O–H groups in total. The Kier molecular flexibility index (Phi) is 4.07. The Morgan fingerprint density at radius 3 is 2.50 bits per heavy atom. The van der Waals surface area contributed by atoms with Gasteiger partial charge in [-0.25, -0.2) is 4.79 Å². The molecule has 0 fully saturated rings. The first kappa shape index (κ1) is 15.3. The first-order chi connectivity index (χ1) is 9.19.